The first-order valence-electron chi connectivity index (χ1n) is 6.13. The van der Waals surface area contributed by atoms with Crippen molar-refractivity contribution in [3.05, 3.63) is 53.3 Å². The summed E-state index contributed by atoms with van der Waals surface area (Å²) < 4.78 is 0. The molecule has 19 heavy (non-hydrogen) atoms. The topological polar surface area (TPSA) is 68.0 Å². The molecule has 2 rings (SSSR count). The van der Waals surface area contributed by atoms with Crippen LogP contribution in [0.5, 0.6) is 0 Å². The zero-order chi connectivity index (χ0) is 13.8. The molecule has 0 aliphatic rings. The van der Waals surface area contributed by atoms with Crippen LogP contribution in [0.25, 0.3) is 0 Å². The van der Waals surface area contributed by atoms with Gasteiger partial charge in [0.25, 0.3) is 0 Å². The van der Waals surface area contributed by atoms with E-state index < -0.39 is 0 Å². The van der Waals surface area contributed by atoms with Gasteiger partial charge in [0.1, 0.15) is 0 Å². The van der Waals surface area contributed by atoms with Crippen molar-refractivity contribution >= 4 is 17.2 Å². The minimum absolute atomic E-state index is 0.0235. The van der Waals surface area contributed by atoms with Crippen molar-refractivity contribution in [3.63, 3.8) is 0 Å². The Morgan fingerprint density at radius 2 is 2.16 bits per heavy atom. The number of nitrogen functional groups attached to an aromatic ring is 1. The number of benzene rings is 1. The lowest BCUT2D eigenvalue weighted by molar-refractivity contribution is 0.101. The van der Waals surface area contributed by atoms with E-state index in [-0.39, 0.29) is 5.78 Å². The Balaban J connectivity index is 2.11. The summed E-state index contributed by atoms with van der Waals surface area (Å²) in [7, 11) is 0. The summed E-state index contributed by atoms with van der Waals surface area (Å²) in [5, 5.41) is 3.25. The maximum atomic E-state index is 11.3. The Bertz CT molecular complexity index is 608. The van der Waals surface area contributed by atoms with Crippen LogP contribution >= 0.6 is 0 Å². The van der Waals surface area contributed by atoms with Gasteiger partial charge < -0.3 is 11.1 Å². The molecule has 1 heterocycles. The van der Waals surface area contributed by atoms with E-state index in [0.717, 1.165) is 16.9 Å². The van der Waals surface area contributed by atoms with Crippen molar-refractivity contribution in [2.24, 2.45) is 0 Å². The van der Waals surface area contributed by atoms with Gasteiger partial charge in [0.15, 0.2) is 5.78 Å². The number of hydrogen-bond acceptors (Lipinski definition) is 4. The Morgan fingerprint density at radius 1 is 1.37 bits per heavy atom. The van der Waals surface area contributed by atoms with Crippen LogP contribution in [0.4, 0.5) is 11.4 Å². The lowest BCUT2D eigenvalue weighted by atomic mass is 10.1. The highest BCUT2D eigenvalue weighted by atomic mass is 16.1. The van der Waals surface area contributed by atoms with Crippen LogP contribution in [0.2, 0.25) is 0 Å². The van der Waals surface area contributed by atoms with Crippen molar-refractivity contribution in [2.75, 3.05) is 11.1 Å². The van der Waals surface area contributed by atoms with Crippen LogP contribution in [-0.2, 0) is 6.54 Å². The Morgan fingerprint density at radius 3 is 2.79 bits per heavy atom. The average molecular weight is 255 g/mol. The van der Waals surface area contributed by atoms with Crippen molar-refractivity contribution in [3.8, 4) is 0 Å². The van der Waals surface area contributed by atoms with Crippen molar-refractivity contribution in [1.82, 2.24) is 4.98 Å². The van der Waals surface area contributed by atoms with E-state index in [9.17, 15) is 4.79 Å². The summed E-state index contributed by atoms with van der Waals surface area (Å²) >= 11 is 0. The van der Waals surface area contributed by atoms with E-state index >= 15 is 0 Å². The summed E-state index contributed by atoms with van der Waals surface area (Å²) in [5.74, 6) is -0.0235. The molecule has 0 saturated heterocycles. The summed E-state index contributed by atoms with van der Waals surface area (Å²) in [4.78, 5) is 15.6. The zero-order valence-electron chi connectivity index (χ0n) is 11.1. The number of pyridine rings is 1. The molecule has 98 valence electrons. The van der Waals surface area contributed by atoms with Gasteiger partial charge in [0, 0.05) is 23.1 Å². The van der Waals surface area contributed by atoms with Gasteiger partial charge in [-0.05, 0) is 43.7 Å². The van der Waals surface area contributed by atoms with Crippen LogP contribution in [0, 0.1) is 6.92 Å². The molecule has 0 spiro atoms. The Hall–Kier alpha value is -2.36. The van der Waals surface area contributed by atoms with Gasteiger partial charge in [0.05, 0.1) is 12.2 Å². The number of nitrogens with zero attached hydrogens (tertiary/aromatic N) is 1. The first-order chi connectivity index (χ1) is 9.08. The molecule has 3 N–H and O–H groups in total. The number of carbonyl (C=O) groups is 1. The number of aromatic nitrogens is 1. The second-order valence-corrected chi connectivity index (χ2v) is 4.48. The third-order valence-corrected chi connectivity index (χ3v) is 3.01. The molecule has 0 fully saturated rings. The highest BCUT2D eigenvalue weighted by molar-refractivity contribution is 5.99. The summed E-state index contributed by atoms with van der Waals surface area (Å²) in [6, 6.07) is 9.31. The quantitative estimate of drug-likeness (QED) is 0.651. The van der Waals surface area contributed by atoms with E-state index in [2.05, 4.69) is 10.3 Å². The SMILES string of the molecule is CC(=O)c1ccc(NCc2ncccc2C)cc1N. The average Bonchev–Trinajstić information content (AvgIpc) is 2.37. The molecule has 4 heteroatoms. The number of nitrogens with two attached hydrogens (primary N) is 1. The van der Waals surface area contributed by atoms with Crippen molar-refractivity contribution in [1.29, 1.82) is 0 Å². The lowest BCUT2D eigenvalue weighted by Gasteiger charge is -2.10. The van der Waals surface area contributed by atoms with Gasteiger partial charge in [-0.3, -0.25) is 9.78 Å². The number of carbonyl (C=O) groups excluding carboxylic acids is 1. The number of anilines is 2. The number of hydrogen-bond donors (Lipinski definition) is 2. The maximum Gasteiger partial charge on any atom is 0.161 e. The molecule has 0 radical (unpaired) electrons. The summed E-state index contributed by atoms with van der Waals surface area (Å²) in [5.41, 5.74) is 9.92. The standard InChI is InChI=1S/C15H17N3O/c1-10-4-3-7-17-15(10)9-18-12-5-6-13(11(2)19)14(16)8-12/h3-8,18H,9,16H2,1-2H3. The molecule has 0 amide bonds. The largest absolute Gasteiger partial charge is 0.398 e. The molecule has 0 bridgehead atoms. The van der Waals surface area contributed by atoms with Crippen LogP contribution in [0.3, 0.4) is 0 Å². The monoisotopic (exact) mass is 255 g/mol. The van der Waals surface area contributed by atoms with Crippen LogP contribution < -0.4 is 11.1 Å². The van der Waals surface area contributed by atoms with Crippen LogP contribution in [0.15, 0.2) is 36.5 Å². The van der Waals surface area contributed by atoms with E-state index in [1.54, 1.807) is 18.3 Å². The lowest BCUT2D eigenvalue weighted by Crippen LogP contribution is -2.05. The predicted octanol–water partition coefficient (Wildman–Crippen LogP) is 2.79. The molecule has 2 aromatic rings. The van der Waals surface area contributed by atoms with Gasteiger partial charge in [0.2, 0.25) is 0 Å². The predicted molar refractivity (Wildman–Crippen MR) is 77.2 cm³/mol. The molecule has 0 atom stereocenters. The van der Waals surface area contributed by atoms with Gasteiger partial charge in [-0.1, -0.05) is 6.07 Å². The minimum atomic E-state index is -0.0235. The second-order valence-electron chi connectivity index (χ2n) is 4.48. The fourth-order valence-electron chi connectivity index (χ4n) is 1.88. The van der Waals surface area contributed by atoms with Crippen LogP contribution in [-0.4, -0.2) is 10.8 Å². The van der Waals surface area contributed by atoms with E-state index in [0.29, 0.717) is 17.8 Å². The summed E-state index contributed by atoms with van der Waals surface area (Å²) in [6.45, 7) is 4.17. The molecule has 1 aromatic heterocycles. The maximum absolute atomic E-state index is 11.3. The third kappa shape index (κ3) is 3.10. The molecule has 1 aromatic carbocycles. The smallest absolute Gasteiger partial charge is 0.161 e. The van der Waals surface area contributed by atoms with E-state index in [1.807, 2.05) is 25.1 Å². The van der Waals surface area contributed by atoms with Crippen molar-refractivity contribution < 1.29 is 4.79 Å². The first kappa shape index (κ1) is 13.1. The third-order valence-electron chi connectivity index (χ3n) is 3.01. The molecular weight excluding hydrogens is 238 g/mol. The van der Waals surface area contributed by atoms with Crippen molar-refractivity contribution in [2.45, 2.75) is 20.4 Å². The molecule has 0 aliphatic carbocycles. The second kappa shape index (κ2) is 5.52. The molecule has 0 saturated carbocycles. The van der Waals surface area contributed by atoms with Gasteiger partial charge in [-0.25, -0.2) is 0 Å². The molecule has 0 unspecified atom stereocenters. The van der Waals surface area contributed by atoms with Gasteiger partial charge in [-0.15, -0.1) is 0 Å². The number of Topliss-reactive ketones (excluding diaryl/α,β-unsaturated/α-hetero) is 1. The fraction of sp³-hybridized carbons (Fsp3) is 0.200. The highest BCUT2D eigenvalue weighted by Gasteiger charge is 2.05. The number of nitrogens with one attached hydrogen (secondary N) is 1. The zero-order valence-corrected chi connectivity index (χ0v) is 11.1. The molecule has 4 nitrogen and oxygen atoms in total. The minimum Gasteiger partial charge on any atom is -0.398 e. The van der Waals surface area contributed by atoms with E-state index in [1.165, 1.54) is 6.92 Å². The fourth-order valence-corrected chi connectivity index (χ4v) is 1.88. The number of rotatable bonds is 4. The summed E-state index contributed by atoms with van der Waals surface area (Å²) in [6.07, 6.45) is 1.78. The normalized spacial score (nSPS) is 10.2. The Kier molecular flexibility index (Phi) is 3.80. The van der Waals surface area contributed by atoms with E-state index in [4.69, 9.17) is 5.73 Å². The van der Waals surface area contributed by atoms with Gasteiger partial charge >= 0.3 is 0 Å². The Labute approximate surface area is 112 Å². The van der Waals surface area contributed by atoms with Gasteiger partial charge in [-0.2, -0.15) is 0 Å². The van der Waals surface area contributed by atoms with Crippen LogP contribution in [0.1, 0.15) is 28.5 Å². The molecule has 0 aliphatic heterocycles. The highest BCUT2D eigenvalue weighted by Crippen LogP contribution is 2.19. The number of ketones is 1. The number of aryl methyl sites for hydroxylation is 1. The first-order valence-corrected chi connectivity index (χ1v) is 6.13. The molecular formula is C15H17N3O.